The van der Waals surface area contributed by atoms with E-state index in [9.17, 15) is 19.5 Å². The number of ether oxygens (including phenoxy) is 3. The first kappa shape index (κ1) is 40.2. The third kappa shape index (κ3) is 6.15. The molecule has 4 atom stereocenters. The topological polar surface area (TPSA) is 181 Å². The lowest BCUT2D eigenvalue weighted by Crippen LogP contribution is -2.53. The molecule has 2 fully saturated rings. The minimum atomic E-state index is -1.53. The number of benzene rings is 4. The molecule has 62 heavy (non-hydrogen) atoms. The van der Waals surface area contributed by atoms with Gasteiger partial charge in [-0.1, -0.05) is 72.3 Å². The summed E-state index contributed by atoms with van der Waals surface area (Å²) in [6, 6.07) is 26.2. The Kier molecular flexibility index (Phi) is 10.2. The molecular weight excluding hydrogens is 795 g/mol. The number of amides is 2. The van der Waals surface area contributed by atoms with Gasteiger partial charge in [0.05, 0.1) is 61.5 Å². The molecule has 2 aromatic heterocycles. The van der Waals surface area contributed by atoms with Crippen LogP contribution < -0.4 is 36.6 Å². The molecule has 0 unspecified atom stereocenters. The van der Waals surface area contributed by atoms with Crippen molar-refractivity contribution in [2.24, 2.45) is 13.0 Å². The highest BCUT2D eigenvalue weighted by molar-refractivity contribution is 6.12. The predicted octanol–water partition coefficient (Wildman–Crippen LogP) is 3.62. The summed E-state index contributed by atoms with van der Waals surface area (Å²) in [5, 5.41) is 10.9. The van der Waals surface area contributed by atoms with Gasteiger partial charge in [-0.05, 0) is 42.7 Å². The lowest BCUT2D eigenvalue weighted by Gasteiger charge is -2.49. The zero-order valence-corrected chi connectivity index (χ0v) is 34.6. The summed E-state index contributed by atoms with van der Waals surface area (Å²) in [5.74, 6) is -1.60. The van der Waals surface area contributed by atoms with Crippen LogP contribution in [0.3, 0.4) is 0 Å². The number of aliphatic hydroxyl groups is 1. The molecule has 2 aliphatic heterocycles. The molecule has 0 spiro atoms. The minimum Gasteiger partial charge on any atom is -0.493 e. The Morgan fingerprint density at radius 3 is 2.31 bits per heavy atom. The summed E-state index contributed by atoms with van der Waals surface area (Å²) >= 11 is 0. The van der Waals surface area contributed by atoms with E-state index in [0.29, 0.717) is 50.7 Å². The summed E-state index contributed by atoms with van der Waals surface area (Å²) in [5.41, 5.74) is 4.48. The highest BCUT2D eigenvalue weighted by Gasteiger charge is 2.69. The lowest BCUT2D eigenvalue weighted by molar-refractivity contribution is -0.138. The standard InChI is InChI=1S/C46H45N7O9/c1-27-14-16-29(17-15-27)48-52-41(55)32-24-35-30(40(31-12-8-9-13-37(31)62-23-22-54)46(32,43(52)57)28-10-6-5-7-11-28)18-21-51-44(58)50(45(59)53(35)51)20-19-33-42(56)49(2)36-26-39(61-4)38(60-3)25-34(36)47-33/h5-18,25-26,32,35,40,48,54H,19-24H2,1-4H3/t32-,35+,40+,46+/m0/s1. The number of hydrogen-bond donors (Lipinski definition) is 2. The van der Waals surface area contributed by atoms with Crippen LogP contribution >= 0.6 is 0 Å². The maximum Gasteiger partial charge on any atom is 0.347 e. The average Bonchev–Trinajstić information content (AvgIpc) is 3.66. The van der Waals surface area contributed by atoms with E-state index in [0.717, 1.165) is 15.1 Å². The van der Waals surface area contributed by atoms with Gasteiger partial charge in [0.15, 0.2) is 11.5 Å². The van der Waals surface area contributed by atoms with Crippen molar-refractivity contribution >= 4 is 28.5 Å². The summed E-state index contributed by atoms with van der Waals surface area (Å²) in [6.45, 7) is 1.49. The monoisotopic (exact) mass is 839 g/mol. The van der Waals surface area contributed by atoms with Crippen molar-refractivity contribution in [2.45, 2.75) is 50.2 Å². The number of methoxy groups -OCH3 is 2. The first-order valence-electron chi connectivity index (χ1n) is 20.4. The van der Waals surface area contributed by atoms with E-state index in [4.69, 9.17) is 14.2 Å². The third-order valence-corrected chi connectivity index (χ3v) is 12.5. The van der Waals surface area contributed by atoms with Crippen LogP contribution in [-0.4, -0.2) is 72.8 Å². The van der Waals surface area contributed by atoms with E-state index in [1.54, 1.807) is 43.4 Å². The Morgan fingerprint density at radius 2 is 1.58 bits per heavy atom. The van der Waals surface area contributed by atoms with Crippen LogP contribution in [0.2, 0.25) is 0 Å². The Bertz CT molecular complexity index is 2970. The molecule has 1 saturated heterocycles. The van der Waals surface area contributed by atoms with Gasteiger partial charge in [-0.2, -0.15) is 5.01 Å². The van der Waals surface area contributed by atoms with Crippen LogP contribution in [0, 0.1) is 12.8 Å². The highest BCUT2D eigenvalue weighted by atomic mass is 16.5. The molecule has 2 amide bonds. The molecule has 16 heteroatoms. The van der Waals surface area contributed by atoms with Crippen LogP contribution in [0.25, 0.3) is 11.0 Å². The van der Waals surface area contributed by atoms with Crippen molar-refractivity contribution < 1.29 is 28.9 Å². The van der Waals surface area contributed by atoms with Gasteiger partial charge in [-0.25, -0.2) is 28.5 Å². The molecule has 16 nitrogen and oxygen atoms in total. The lowest BCUT2D eigenvalue weighted by atomic mass is 9.53. The zero-order chi connectivity index (χ0) is 43.4. The van der Waals surface area contributed by atoms with Gasteiger partial charge in [0.25, 0.3) is 17.4 Å². The van der Waals surface area contributed by atoms with Crippen molar-refractivity contribution in [3.05, 3.63) is 156 Å². The highest BCUT2D eigenvalue weighted by Crippen LogP contribution is 2.62. The number of imide groups is 1. The number of aliphatic hydroxyl groups excluding tert-OH is 1. The SMILES string of the molecule is COc1cc2nc(CCn3c(=O)n4n(c3=O)[C@@H]3C[C@H]5C(=O)N(Nc6ccc(C)cc6)C(=O)[C@@]5(c5ccccc5)[C@@H](c5ccccc5OCCO)C3=CC4)c(=O)n(C)c2cc1OC. The number of allylic oxidation sites excluding steroid dienone is 2. The number of nitrogens with zero attached hydrogens (tertiary/aromatic N) is 6. The molecule has 2 N–H and O–H groups in total. The molecule has 4 heterocycles. The molecule has 318 valence electrons. The normalized spacial score (nSPS) is 20.4. The number of carbonyl (C=O) groups is 2. The van der Waals surface area contributed by atoms with Gasteiger partial charge in [0.2, 0.25) is 0 Å². The number of aryl methyl sites for hydroxylation is 3. The maximum atomic E-state index is 15.5. The van der Waals surface area contributed by atoms with Crippen LogP contribution in [0.1, 0.15) is 40.8 Å². The summed E-state index contributed by atoms with van der Waals surface area (Å²) in [4.78, 5) is 77.7. The Morgan fingerprint density at radius 1 is 0.871 bits per heavy atom. The van der Waals surface area contributed by atoms with Crippen molar-refractivity contribution in [3.63, 3.8) is 0 Å². The average molecular weight is 840 g/mol. The fraction of sp³-hybridized carbons (Fsp3) is 0.304. The van der Waals surface area contributed by atoms with E-state index in [2.05, 4.69) is 10.4 Å². The summed E-state index contributed by atoms with van der Waals surface area (Å²) < 4.78 is 22.3. The molecule has 1 saturated carbocycles. The quantitative estimate of drug-likeness (QED) is 0.136. The number of hydrogen-bond acceptors (Lipinski definition) is 11. The van der Waals surface area contributed by atoms with Crippen molar-refractivity contribution in [2.75, 3.05) is 32.9 Å². The Balaban J connectivity index is 1.17. The summed E-state index contributed by atoms with van der Waals surface area (Å²) in [6.07, 6.45) is 1.85. The fourth-order valence-electron chi connectivity index (χ4n) is 9.69. The van der Waals surface area contributed by atoms with Crippen LogP contribution in [0.4, 0.5) is 5.69 Å². The van der Waals surface area contributed by atoms with Crippen molar-refractivity contribution in [1.82, 2.24) is 28.5 Å². The maximum absolute atomic E-state index is 15.5. The van der Waals surface area contributed by atoms with E-state index in [1.165, 1.54) is 28.2 Å². The molecule has 0 radical (unpaired) electrons. The van der Waals surface area contributed by atoms with Crippen molar-refractivity contribution in [1.29, 1.82) is 0 Å². The number of aromatic nitrogens is 5. The van der Waals surface area contributed by atoms with Crippen molar-refractivity contribution in [3.8, 4) is 17.2 Å². The van der Waals surface area contributed by atoms with Crippen LogP contribution in [-0.2, 0) is 41.6 Å². The molecule has 1 aliphatic carbocycles. The first-order valence-corrected chi connectivity index (χ1v) is 20.4. The number of para-hydroxylation sites is 1. The van der Waals surface area contributed by atoms with E-state index in [-0.39, 0.29) is 44.8 Å². The third-order valence-electron chi connectivity index (χ3n) is 12.5. The number of anilines is 1. The van der Waals surface area contributed by atoms with E-state index in [1.807, 2.05) is 67.6 Å². The smallest absolute Gasteiger partial charge is 0.347 e. The number of hydrazine groups is 1. The van der Waals surface area contributed by atoms with Crippen LogP contribution in [0.5, 0.6) is 17.2 Å². The molecule has 0 bridgehead atoms. The van der Waals surface area contributed by atoms with Crippen LogP contribution in [0.15, 0.2) is 117 Å². The Hall–Kier alpha value is -7.20. The molecule has 9 rings (SSSR count). The second kappa shape index (κ2) is 15.7. The van der Waals surface area contributed by atoms with Gasteiger partial charge in [0.1, 0.15) is 18.1 Å². The van der Waals surface area contributed by atoms with Gasteiger partial charge in [-0.15, -0.1) is 0 Å². The molecule has 4 aromatic carbocycles. The number of rotatable bonds is 12. The molecule has 6 aromatic rings. The van der Waals surface area contributed by atoms with Gasteiger partial charge in [-0.3, -0.25) is 19.8 Å². The Labute approximate surface area is 354 Å². The zero-order valence-electron chi connectivity index (χ0n) is 34.6. The largest absolute Gasteiger partial charge is 0.493 e. The van der Waals surface area contributed by atoms with E-state index >= 15 is 9.59 Å². The second-order valence-corrected chi connectivity index (χ2v) is 15.8. The fourth-order valence-corrected chi connectivity index (χ4v) is 9.69. The van der Waals surface area contributed by atoms with Gasteiger partial charge < -0.3 is 23.9 Å². The summed E-state index contributed by atoms with van der Waals surface area (Å²) in [7, 11) is 4.61. The second-order valence-electron chi connectivity index (χ2n) is 15.8. The molecule has 3 aliphatic rings. The number of carbonyl (C=O) groups excluding carboxylic acids is 2. The number of nitrogens with one attached hydrogen (secondary N) is 1. The predicted molar refractivity (Wildman–Crippen MR) is 229 cm³/mol. The minimum absolute atomic E-state index is 0.00890. The molecular formula is C46H45N7O9. The first-order chi connectivity index (χ1) is 30.0. The van der Waals surface area contributed by atoms with E-state index < -0.39 is 52.0 Å². The van der Waals surface area contributed by atoms with Gasteiger partial charge >= 0.3 is 11.4 Å². The van der Waals surface area contributed by atoms with Gasteiger partial charge in [0, 0.05) is 43.6 Å². The number of fused-ring (bicyclic) bond motifs is 5.